The molecular formula is C14H16N2O4. The Bertz CT molecular complexity index is 607. The van der Waals surface area contributed by atoms with Gasteiger partial charge >= 0.3 is 5.97 Å². The van der Waals surface area contributed by atoms with E-state index in [4.69, 9.17) is 14.4 Å². The minimum atomic E-state index is -1.02. The standard InChI is InChI=1S/C14H16N2O4/c1-3-5-12-15-11(16-20-12)8-19-13-9(2)6-4-7-10(13)14(17)18/h4,6-7H,3,5,8H2,1-2H3,(H,17,18). The van der Waals surface area contributed by atoms with Gasteiger partial charge in [-0.1, -0.05) is 24.2 Å². The number of aromatic nitrogens is 2. The van der Waals surface area contributed by atoms with Crippen LogP contribution in [0.3, 0.4) is 0 Å². The topological polar surface area (TPSA) is 85.5 Å². The van der Waals surface area contributed by atoms with Gasteiger partial charge in [-0.15, -0.1) is 0 Å². The van der Waals surface area contributed by atoms with E-state index in [1.807, 2.05) is 6.92 Å². The summed E-state index contributed by atoms with van der Waals surface area (Å²) in [5, 5.41) is 12.9. The summed E-state index contributed by atoms with van der Waals surface area (Å²) in [6.45, 7) is 3.89. The Kier molecular flexibility index (Phi) is 4.34. The number of carboxylic acids is 1. The summed E-state index contributed by atoms with van der Waals surface area (Å²) in [6.07, 6.45) is 1.64. The van der Waals surface area contributed by atoms with Gasteiger partial charge in [-0.2, -0.15) is 4.98 Å². The van der Waals surface area contributed by atoms with Gasteiger partial charge in [0.2, 0.25) is 11.7 Å². The SMILES string of the molecule is CCCc1nc(COc2c(C)cccc2C(=O)O)no1. The highest BCUT2D eigenvalue weighted by molar-refractivity contribution is 5.91. The molecule has 1 heterocycles. The molecule has 0 atom stereocenters. The van der Waals surface area contributed by atoms with Crippen LogP contribution < -0.4 is 4.74 Å². The maximum absolute atomic E-state index is 11.1. The average molecular weight is 276 g/mol. The molecule has 0 unspecified atom stereocenters. The summed E-state index contributed by atoms with van der Waals surface area (Å²) >= 11 is 0. The lowest BCUT2D eigenvalue weighted by Crippen LogP contribution is -2.05. The number of hydrogen-bond donors (Lipinski definition) is 1. The van der Waals surface area contributed by atoms with E-state index in [0.717, 1.165) is 18.4 Å². The molecule has 0 amide bonds. The van der Waals surface area contributed by atoms with E-state index in [2.05, 4.69) is 10.1 Å². The van der Waals surface area contributed by atoms with Crippen molar-refractivity contribution in [2.75, 3.05) is 0 Å². The Morgan fingerprint density at radius 3 is 2.95 bits per heavy atom. The quantitative estimate of drug-likeness (QED) is 0.872. The van der Waals surface area contributed by atoms with Crippen molar-refractivity contribution < 1.29 is 19.2 Å². The molecular weight excluding hydrogens is 260 g/mol. The Balaban J connectivity index is 2.12. The molecule has 20 heavy (non-hydrogen) atoms. The molecule has 1 aromatic carbocycles. The van der Waals surface area contributed by atoms with Gasteiger partial charge in [0.25, 0.3) is 0 Å². The fourth-order valence-corrected chi connectivity index (χ4v) is 1.81. The van der Waals surface area contributed by atoms with Gasteiger partial charge in [0.1, 0.15) is 11.3 Å². The normalized spacial score (nSPS) is 10.5. The van der Waals surface area contributed by atoms with Crippen LogP contribution in [0, 0.1) is 6.92 Å². The zero-order chi connectivity index (χ0) is 14.5. The lowest BCUT2D eigenvalue weighted by Gasteiger charge is -2.09. The van der Waals surface area contributed by atoms with Crippen molar-refractivity contribution in [3.63, 3.8) is 0 Å². The zero-order valence-corrected chi connectivity index (χ0v) is 11.4. The van der Waals surface area contributed by atoms with Gasteiger partial charge in [-0.05, 0) is 25.0 Å². The summed E-state index contributed by atoms with van der Waals surface area (Å²) in [7, 11) is 0. The van der Waals surface area contributed by atoms with Crippen molar-refractivity contribution in [3.05, 3.63) is 41.0 Å². The predicted molar refractivity (Wildman–Crippen MR) is 70.8 cm³/mol. The zero-order valence-electron chi connectivity index (χ0n) is 11.4. The Morgan fingerprint density at radius 2 is 2.25 bits per heavy atom. The van der Waals surface area contributed by atoms with Crippen molar-refractivity contribution in [3.8, 4) is 5.75 Å². The van der Waals surface area contributed by atoms with E-state index in [1.165, 1.54) is 6.07 Å². The number of aryl methyl sites for hydroxylation is 2. The lowest BCUT2D eigenvalue weighted by molar-refractivity contribution is 0.0691. The molecule has 1 N–H and O–H groups in total. The molecule has 6 heteroatoms. The molecule has 0 aliphatic rings. The van der Waals surface area contributed by atoms with E-state index in [0.29, 0.717) is 17.5 Å². The van der Waals surface area contributed by atoms with E-state index in [9.17, 15) is 4.79 Å². The summed E-state index contributed by atoms with van der Waals surface area (Å²) in [6, 6.07) is 4.98. The van der Waals surface area contributed by atoms with Crippen LogP contribution in [0.25, 0.3) is 0 Å². The molecule has 2 aromatic rings. The minimum Gasteiger partial charge on any atom is -0.484 e. The molecule has 1 aromatic heterocycles. The molecule has 0 aliphatic carbocycles. The molecule has 0 spiro atoms. The number of rotatable bonds is 6. The van der Waals surface area contributed by atoms with Gasteiger partial charge in [0, 0.05) is 6.42 Å². The van der Waals surface area contributed by atoms with E-state index < -0.39 is 5.97 Å². The molecule has 0 fully saturated rings. The Labute approximate surface area is 116 Å². The third kappa shape index (κ3) is 3.14. The highest BCUT2D eigenvalue weighted by Crippen LogP contribution is 2.24. The van der Waals surface area contributed by atoms with E-state index >= 15 is 0 Å². The van der Waals surface area contributed by atoms with Crippen LogP contribution >= 0.6 is 0 Å². The summed E-state index contributed by atoms with van der Waals surface area (Å²) < 4.78 is 10.6. The van der Waals surface area contributed by atoms with Crippen LogP contribution in [0.2, 0.25) is 0 Å². The molecule has 0 aliphatic heterocycles. The average Bonchev–Trinajstić information content (AvgIpc) is 2.85. The predicted octanol–water partition coefficient (Wildman–Crippen LogP) is 2.61. The summed E-state index contributed by atoms with van der Waals surface area (Å²) in [5.74, 6) is 0.285. The third-order valence-electron chi connectivity index (χ3n) is 2.76. The van der Waals surface area contributed by atoms with Crippen molar-refractivity contribution in [1.29, 1.82) is 0 Å². The second kappa shape index (κ2) is 6.18. The molecule has 0 radical (unpaired) electrons. The summed E-state index contributed by atoms with van der Waals surface area (Å²) in [5.41, 5.74) is 0.879. The molecule has 0 saturated carbocycles. The number of aromatic carboxylic acids is 1. The number of nitrogens with zero attached hydrogens (tertiary/aromatic N) is 2. The van der Waals surface area contributed by atoms with Gasteiger partial charge in [0.05, 0.1) is 0 Å². The second-order valence-electron chi connectivity index (χ2n) is 4.40. The second-order valence-corrected chi connectivity index (χ2v) is 4.40. The first-order chi connectivity index (χ1) is 9.61. The van der Waals surface area contributed by atoms with Crippen molar-refractivity contribution in [1.82, 2.24) is 10.1 Å². The van der Waals surface area contributed by atoms with Crippen molar-refractivity contribution in [2.45, 2.75) is 33.3 Å². The van der Waals surface area contributed by atoms with E-state index in [-0.39, 0.29) is 12.2 Å². The molecule has 0 bridgehead atoms. The van der Waals surface area contributed by atoms with Crippen LogP contribution in [0.5, 0.6) is 5.75 Å². The van der Waals surface area contributed by atoms with Crippen LogP contribution in [0.4, 0.5) is 0 Å². The van der Waals surface area contributed by atoms with Crippen LogP contribution in [0.15, 0.2) is 22.7 Å². The number of carbonyl (C=O) groups is 1. The van der Waals surface area contributed by atoms with Crippen LogP contribution in [-0.4, -0.2) is 21.2 Å². The number of carboxylic acid groups (broad SMARTS) is 1. The number of hydrogen-bond acceptors (Lipinski definition) is 5. The van der Waals surface area contributed by atoms with Crippen molar-refractivity contribution in [2.24, 2.45) is 0 Å². The largest absolute Gasteiger partial charge is 0.484 e. The fourth-order valence-electron chi connectivity index (χ4n) is 1.81. The number of para-hydroxylation sites is 1. The van der Waals surface area contributed by atoms with Gasteiger partial charge < -0.3 is 14.4 Å². The lowest BCUT2D eigenvalue weighted by atomic mass is 10.1. The highest BCUT2D eigenvalue weighted by Gasteiger charge is 2.14. The first-order valence-electron chi connectivity index (χ1n) is 6.39. The first-order valence-corrected chi connectivity index (χ1v) is 6.39. The first kappa shape index (κ1) is 14.0. The smallest absolute Gasteiger partial charge is 0.339 e. The molecule has 0 saturated heterocycles. The minimum absolute atomic E-state index is 0.0817. The number of benzene rings is 1. The Hall–Kier alpha value is -2.37. The van der Waals surface area contributed by atoms with E-state index in [1.54, 1.807) is 19.1 Å². The van der Waals surface area contributed by atoms with Crippen molar-refractivity contribution >= 4 is 5.97 Å². The molecule has 2 rings (SSSR count). The monoisotopic (exact) mass is 276 g/mol. The molecule has 6 nitrogen and oxygen atoms in total. The summed E-state index contributed by atoms with van der Waals surface area (Å²) in [4.78, 5) is 15.3. The van der Waals surface area contributed by atoms with Gasteiger partial charge in [-0.25, -0.2) is 4.79 Å². The fraction of sp³-hybridized carbons (Fsp3) is 0.357. The maximum atomic E-state index is 11.1. The van der Waals surface area contributed by atoms with Crippen LogP contribution in [0.1, 0.15) is 41.0 Å². The van der Waals surface area contributed by atoms with Gasteiger partial charge in [-0.3, -0.25) is 0 Å². The molecule has 106 valence electrons. The number of ether oxygens (including phenoxy) is 1. The maximum Gasteiger partial charge on any atom is 0.339 e. The highest BCUT2D eigenvalue weighted by atomic mass is 16.5. The Morgan fingerprint density at radius 1 is 1.45 bits per heavy atom. The van der Waals surface area contributed by atoms with Gasteiger partial charge in [0.15, 0.2) is 6.61 Å². The van der Waals surface area contributed by atoms with Crippen LogP contribution in [-0.2, 0) is 13.0 Å². The third-order valence-corrected chi connectivity index (χ3v) is 2.76.